The first-order valence-electron chi connectivity index (χ1n) is 2.50. The Balaban J connectivity index is 2.83. The summed E-state index contributed by atoms with van der Waals surface area (Å²) < 4.78 is 0. The lowest BCUT2D eigenvalue weighted by atomic mass is 10.4. The van der Waals surface area contributed by atoms with E-state index < -0.39 is 0 Å². The molecule has 0 radical (unpaired) electrons. The SMILES string of the molecule is CC[C@H](C)SSC. The van der Waals surface area contributed by atoms with E-state index in [0.717, 1.165) is 5.25 Å². The molecular weight excluding hydrogens is 124 g/mol. The van der Waals surface area contributed by atoms with Crippen molar-refractivity contribution in [2.24, 2.45) is 0 Å². The predicted molar refractivity (Wildman–Crippen MR) is 40.9 cm³/mol. The highest BCUT2D eigenvalue weighted by Crippen LogP contribution is 2.24. The summed E-state index contributed by atoms with van der Waals surface area (Å²) in [6, 6.07) is 0. The predicted octanol–water partition coefficient (Wildman–Crippen LogP) is 2.80. The van der Waals surface area contributed by atoms with Gasteiger partial charge in [0.2, 0.25) is 0 Å². The molecule has 0 aromatic carbocycles. The Morgan fingerprint density at radius 3 is 2.29 bits per heavy atom. The molecule has 0 spiro atoms. The van der Waals surface area contributed by atoms with Gasteiger partial charge in [0, 0.05) is 5.25 Å². The van der Waals surface area contributed by atoms with E-state index in [0.29, 0.717) is 0 Å². The third-order valence-corrected chi connectivity index (χ3v) is 3.25. The van der Waals surface area contributed by atoms with Crippen molar-refractivity contribution in [3.8, 4) is 0 Å². The zero-order valence-corrected chi connectivity index (χ0v) is 6.73. The molecule has 0 aromatic rings. The third-order valence-electron chi connectivity index (χ3n) is 0.835. The molecule has 0 N–H and O–H groups in total. The van der Waals surface area contributed by atoms with Gasteiger partial charge in [0.15, 0.2) is 0 Å². The van der Waals surface area contributed by atoms with Crippen molar-refractivity contribution in [3.63, 3.8) is 0 Å². The molecule has 0 saturated carbocycles. The van der Waals surface area contributed by atoms with Crippen molar-refractivity contribution in [2.45, 2.75) is 25.5 Å². The molecule has 0 aliphatic rings. The standard InChI is InChI=1S/C5H12S2/c1-4-5(2)7-6-3/h5H,4H2,1-3H3/t5-/m0/s1. The highest BCUT2D eigenvalue weighted by molar-refractivity contribution is 8.76. The molecule has 0 unspecified atom stereocenters. The van der Waals surface area contributed by atoms with Crippen molar-refractivity contribution in [1.82, 2.24) is 0 Å². The van der Waals surface area contributed by atoms with Gasteiger partial charge in [0.25, 0.3) is 0 Å². The van der Waals surface area contributed by atoms with E-state index in [2.05, 4.69) is 20.1 Å². The Bertz CT molecular complexity index is 37.1. The van der Waals surface area contributed by atoms with Crippen molar-refractivity contribution < 1.29 is 0 Å². The van der Waals surface area contributed by atoms with Crippen LogP contribution in [0.25, 0.3) is 0 Å². The smallest absolute Gasteiger partial charge is 0.0120 e. The summed E-state index contributed by atoms with van der Waals surface area (Å²) in [5.41, 5.74) is 0. The van der Waals surface area contributed by atoms with Crippen LogP contribution in [0, 0.1) is 0 Å². The first-order chi connectivity index (χ1) is 3.31. The molecule has 0 heterocycles. The molecule has 0 nitrogen and oxygen atoms in total. The van der Waals surface area contributed by atoms with Crippen molar-refractivity contribution >= 4 is 21.6 Å². The van der Waals surface area contributed by atoms with Gasteiger partial charge in [0.05, 0.1) is 0 Å². The van der Waals surface area contributed by atoms with Crippen LogP contribution in [0.4, 0.5) is 0 Å². The molecule has 0 aliphatic heterocycles. The summed E-state index contributed by atoms with van der Waals surface area (Å²) in [6.07, 6.45) is 3.41. The van der Waals surface area contributed by atoms with Gasteiger partial charge in [-0.05, 0) is 12.7 Å². The maximum Gasteiger partial charge on any atom is 0.0120 e. The lowest BCUT2D eigenvalue weighted by Gasteiger charge is -2.01. The second-order valence-electron chi connectivity index (χ2n) is 1.48. The van der Waals surface area contributed by atoms with Crippen LogP contribution in [0.15, 0.2) is 0 Å². The maximum atomic E-state index is 2.25. The van der Waals surface area contributed by atoms with Crippen LogP contribution in [-0.4, -0.2) is 11.5 Å². The Labute approximate surface area is 53.8 Å². The third kappa shape index (κ3) is 4.56. The minimum absolute atomic E-state index is 0.829. The van der Waals surface area contributed by atoms with Crippen LogP contribution in [0.1, 0.15) is 20.3 Å². The lowest BCUT2D eigenvalue weighted by molar-refractivity contribution is 0.912. The van der Waals surface area contributed by atoms with Crippen molar-refractivity contribution in [3.05, 3.63) is 0 Å². The fraction of sp³-hybridized carbons (Fsp3) is 1.00. The Kier molecular flexibility index (Phi) is 5.33. The summed E-state index contributed by atoms with van der Waals surface area (Å²) in [4.78, 5) is 0. The zero-order valence-electron chi connectivity index (χ0n) is 5.10. The van der Waals surface area contributed by atoms with Gasteiger partial charge in [-0.15, -0.1) is 0 Å². The van der Waals surface area contributed by atoms with Gasteiger partial charge in [0.1, 0.15) is 0 Å². The Morgan fingerprint density at radius 2 is 2.14 bits per heavy atom. The lowest BCUT2D eigenvalue weighted by Crippen LogP contribution is -1.86. The van der Waals surface area contributed by atoms with Gasteiger partial charge in [-0.2, -0.15) is 0 Å². The summed E-state index contributed by atoms with van der Waals surface area (Å²) in [5.74, 6) is 0. The number of hydrogen-bond acceptors (Lipinski definition) is 2. The normalized spacial score (nSPS) is 14.1. The quantitative estimate of drug-likeness (QED) is 0.547. The minimum Gasteiger partial charge on any atom is -0.0973 e. The largest absolute Gasteiger partial charge is 0.0973 e. The number of rotatable bonds is 3. The Hall–Kier alpha value is 0.700. The van der Waals surface area contributed by atoms with E-state index in [-0.39, 0.29) is 0 Å². The van der Waals surface area contributed by atoms with E-state index in [9.17, 15) is 0 Å². The van der Waals surface area contributed by atoms with Gasteiger partial charge < -0.3 is 0 Å². The van der Waals surface area contributed by atoms with Crippen molar-refractivity contribution in [1.29, 1.82) is 0 Å². The van der Waals surface area contributed by atoms with Crippen LogP contribution in [0.5, 0.6) is 0 Å². The topological polar surface area (TPSA) is 0 Å². The monoisotopic (exact) mass is 136 g/mol. The summed E-state index contributed by atoms with van der Waals surface area (Å²) in [7, 11) is 3.80. The molecular formula is C5H12S2. The van der Waals surface area contributed by atoms with E-state index in [1.54, 1.807) is 0 Å². The molecule has 0 rings (SSSR count). The molecule has 1 atom stereocenters. The molecule has 0 saturated heterocycles. The van der Waals surface area contributed by atoms with E-state index in [4.69, 9.17) is 0 Å². The second kappa shape index (κ2) is 4.85. The molecule has 44 valence electrons. The minimum atomic E-state index is 0.829. The van der Waals surface area contributed by atoms with Crippen LogP contribution in [0.3, 0.4) is 0 Å². The van der Waals surface area contributed by atoms with Crippen LogP contribution in [-0.2, 0) is 0 Å². The summed E-state index contributed by atoms with van der Waals surface area (Å²) in [5, 5.41) is 0.829. The number of hydrogen-bond donors (Lipinski definition) is 0. The first kappa shape index (κ1) is 7.70. The molecule has 0 aliphatic carbocycles. The summed E-state index contributed by atoms with van der Waals surface area (Å²) in [6.45, 7) is 4.47. The van der Waals surface area contributed by atoms with Gasteiger partial charge in [-0.1, -0.05) is 35.4 Å². The molecule has 2 heteroatoms. The summed E-state index contributed by atoms with van der Waals surface area (Å²) >= 11 is 0. The fourth-order valence-corrected chi connectivity index (χ4v) is 2.09. The van der Waals surface area contributed by atoms with E-state index in [1.807, 2.05) is 21.6 Å². The van der Waals surface area contributed by atoms with Gasteiger partial charge in [-0.3, -0.25) is 0 Å². The van der Waals surface area contributed by atoms with Crippen molar-refractivity contribution in [2.75, 3.05) is 6.26 Å². The highest BCUT2D eigenvalue weighted by atomic mass is 33.1. The average Bonchev–Trinajstić information content (AvgIpc) is 1.68. The maximum absolute atomic E-state index is 2.25. The fourth-order valence-electron chi connectivity index (χ4n) is 0.232. The van der Waals surface area contributed by atoms with E-state index >= 15 is 0 Å². The zero-order chi connectivity index (χ0) is 5.70. The molecule has 0 fully saturated rings. The molecule has 0 amide bonds. The first-order valence-corrected chi connectivity index (χ1v) is 5.12. The van der Waals surface area contributed by atoms with Crippen LogP contribution < -0.4 is 0 Å². The molecule has 0 aromatic heterocycles. The second-order valence-corrected chi connectivity index (χ2v) is 4.39. The highest BCUT2D eigenvalue weighted by Gasteiger charge is 1.93. The molecule has 7 heavy (non-hydrogen) atoms. The average molecular weight is 136 g/mol. The molecule has 0 bridgehead atoms. The van der Waals surface area contributed by atoms with Crippen LogP contribution in [0.2, 0.25) is 0 Å². The van der Waals surface area contributed by atoms with Crippen LogP contribution >= 0.6 is 21.6 Å². The van der Waals surface area contributed by atoms with Gasteiger partial charge >= 0.3 is 0 Å². The van der Waals surface area contributed by atoms with Gasteiger partial charge in [-0.25, -0.2) is 0 Å². The van der Waals surface area contributed by atoms with E-state index in [1.165, 1.54) is 6.42 Å². The Morgan fingerprint density at radius 1 is 1.57 bits per heavy atom.